The number of anilines is 1. The van der Waals surface area contributed by atoms with Crippen LogP contribution in [0.3, 0.4) is 0 Å². The second-order valence-corrected chi connectivity index (χ2v) is 21.4. The first kappa shape index (κ1) is 37.7. The first-order chi connectivity index (χ1) is 26.4. The third-order valence-electron chi connectivity index (χ3n) is 16.0. The van der Waals surface area contributed by atoms with Crippen LogP contribution in [0, 0.1) is 39.3 Å². The van der Waals surface area contributed by atoms with E-state index in [0.717, 1.165) is 104 Å². The number of aryl methyl sites for hydroxylation is 1. The molecule has 3 aromatic rings. The average molecular weight is 771 g/mol. The topological polar surface area (TPSA) is 123 Å². The summed E-state index contributed by atoms with van der Waals surface area (Å²) in [6.45, 7) is 10.9. The second kappa shape index (κ2) is 14.2. The lowest BCUT2D eigenvalue weighted by Crippen LogP contribution is -2.54. The highest BCUT2D eigenvalue weighted by Gasteiger charge is 2.60. The molecule has 6 aliphatic rings. The van der Waals surface area contributed by atoms with E-state index in [9.17, 15) is 9.00 Å². The van der Waals surface area contributed by atoms with E-state index >= 15 is 0 Å². The number of ether oxygens (including phenoxy) is 2. The number of carbonyl (C=O) groups excluding carboxylic acids is 1. The summed E-state index contributed by atoms with van der Waals surface area (Å²) in [6.07, 6.45) is 21.0. The zero-order chi connectivity index (χ0) is 38.2. The molecule has 0 spiro atoms. The van der Waals surface area contributed by atoms with Gasteiger partial charge in [-0.3, -0.25) is 9.57 Å². The monoisotopic (exact) mass is 770 g/mol. The van der Waals surface area contributed by atoms with Crippen LogP contribution in [0.25, 0.3) is 22.4 Å². The van der Waals surface area contributed by atoms with E-state index < -0.39 is 14.5 Å². The van der Waals surface area contributed by atoms with Crippen LogP contribution in [0.15, 0.2) is 30.6 Å². The summed E-state index contributed by atoms with van der Waals surface area (Å²) in [5.74, 6) is 4.92. The van der Waals surface area contributed by atoms with E-state index in [0.29, 0.717) is 60.5 Å². The van der Waals surface area contributed by atoms with Crippen LogP contribution in [0.5, 0.6) is 0 Å². The summed E-state index contributed by atoms with van der Waals surface area (Å²) in [4.78, 5) is 29.5. The van der Waals surface area contributed by atoms with Crippen molar-refractivity contribution in [1.29, 1.82) is 4.78 Å². The summed E-state index contributed by atoms with van der Waals surface area (Å²) in [6, 6.07) is 6.25. The molecular formula is C44H62N6O4S. The maximum atomic E-state index is 13.2. The van der Waals surface area contributed by atoms with Gasteiger partial charge < -0.3 is 18.9 Å². The van der Waals surface area contributed by atoms with E-state index in [-0.39, 0.29) is 6.04 Å². The molecule has 9 atom stereocenters. The number of pyridine rings is 1. The summed E-state index contributed by atoms with van der Waals surface area (Å²) in [5.41, 5.74) is 3.22. The normalized spacial score (nSPS) is 35.2. The van der Waals surface area contributed by atoms with Crippen molar-refractivity contribution < 1.29 is 18.5 Å². The number of nitrogens with one attached hydrogen (secondary N) is 1. The van der Waals surface area contributed by atoms with Gasteiger partial charge in [0.05, 0.1) is 45.5 Å². The lowest BCUT2D eigenvalue weighted by molar-refractivity contribution is -0.145. The zero-order valence-corrected chi connectivity index (χ0v) is 34.4. The fourth-order valence-corrected chi connectivity index (χ4v) is 13.9. The Morgan fingerprint density at radius 2 is 1.84 bits per heavy atom. The number of Topliss-reactive ketones (excluding diaryl/α,β-unsaturated/α-hetero) is 1. The molecule has 1 unspecified atom stereocenters. The van der Waals surface area contributed by atoms with E-state index in [1.54, 1.807) is 6.26 Å². The van der Waals surface area contributed by atoms with Crippen molar-refractivity contribution in [3.8, 4) is 11.4 Å². The van der Waals surface area contributed by atoms with E-state index in [1.807, 2.05) is 18.3 Å². The molecule has 9 rings (SSSR count). The molecular weight excluding hydrogens is 709 g/mol. The van der Waals surface area contributed by atoms with Crippen LogP contribution in [-0.4, -0.2) is 74.3 Å². The van der Waals surface area contributed by atoms with Gasteiger partial charge in [-0.05, 0) is 131 Å². The van der Waals surface area contributed by atoms with Crippen molar-refractivity contribution in [3.63, 3.8) is 0 Å². The van der Waals surface area contributed by atoms with Crippen LogP contribution in [0.1, 0.15) is 116 Å². The number of carbonyl (C=O) groups is 1. The van der Waals surface area contributed by atoms with Gasteiger partial charge in [-0.1, -0.05) is 13.8 Å². The average Bonchev–Trinajstić information content (AvgIpc) is 3.80. The summed E-state index contributed by atoms with van der Waals surface area (Å²) < 4.78 is 35.8. The minimum absolute atomic E-state index is 0.156. The Hall–Kier alpha value is -2.89. The zero-order valence-electron chi connectivity index (χ0n) is 33.6. The molecule has 11 heteroatoms. The Morgan fingerprint density at radius 3 is 2.64 bits per heavy atom. The van der Waals surface area contributed by atoms with Crippen LogP contribution >= 0.6 is 0 Å². The molecule has 5 aliphatic carbocycles. The third kappa shape index (κ3) is 6.46. The van der Waals surface area contributed by atoms with Gasteiger partial charge in [0.25, 0.3) is 0 Å². The van der Waals surface area contributed by atoms with Gasteiger partial charge in [-0.15, -0.1) is 0 Å². The largest absolute Gasteiger partial charge is 0.378 e. The molecule has 0 aromatic carbocycles. The second-order valence-electron chi connectivity index (χ2n) is 18.9. The Balaban J connectivity index is 0.834. The first-order valence-electron chi connectivity index (χ1n) is 21.5. The van der Waals surface area contributed by atoms with Crippen molar-refractivity contribution in [2.45, 2.75) is 134 Å². The van der Waals surface area contributed by atoms with Gasteiger partial charge in [-0.2, -0.15) is 0 Å². The molecule has 3 aromatic heterocycles. The molecule has 0 bridgehead atoms. The van der Waals surface area contributed by atoms with Gasteiger partial charge in [-0.25, -0.2) is 19.2 Å². The van der Waals surface area contributed by atoms with E-state index in [1.165, 1.54) is 38.5 Å². The summed E-state index contributed by atoms with van der Waals surface area (Å²) >= 11 is 0. The highest BCUT2D eigenvalue weighted by Crippen LogP contribution is 2.66. The number of nitrogens with zero attached hydrogens (tertiary/aromatic N) is 5. The number of hydrogen-bond acceptors (Lipinski definition) is 9. The van der Waals surface area contributed by atoms with Crippen molar-refractivity contribution in [2.24, 2.45) is 34.5 Å². The highest BCUT2D eigenvalue weighted by molar-refractivity contribution is 7.93. The fourth-order valence-electron chi connectivity index (χ4n) is 12.5. The minimum Gasteiger partial charge on any atom is -0.378 e. The molecule has 10 nitrogen and oxygen atoms in total. The quantitative estimate of drug-likeness (QED) is 0.193. The minimum atomic E-state index is -2.85. The molecule has 55 heavy (non-hydrogen) atoms. The Labute approximate surface area is 327 Å². The summed E-state index contributed by atoms with van der Waals surface area (Å²) in [7, 11) is -2.85. The highest BCUT2D eigenvalue weighted by atomic mass is 32.2. The van der Waals surface area contributed by atoms with Crippen LogP contribution < -0.4 is 4.90 Å². The van der Waals surface area contributed by atoms with Crippen molar-refractivity contribution in [2.75, 3.05) is 37.5 Å². The van der Waals surface area contributed by atoms with Gasteiger partial charge in [0.1, 0.15) is 17.2 Å². The number of hydrogen-bond donors (Lipinski definition) is 1. The maximum absolute atomic E-state index is 13.2. The lowest BCUT2D eigenvalue weighted by atomic mass is 9.45. The first-order valence-corrected chi connectivity index (χ1v) is 23.4. The Kier molecular flexibility index (Phi) is 9.72. The van der Waals surface area contributed by atoms with Gasteiger partial charge in [0.15, 0.2) is 5.82 Å². The van der Waals surface area contributed by atoms with Gasteiger partial charge in [0.2, 0.25) is 0 Å². The summed E-state index contributed by atoms with van der Waals surface area (Å²) in [5, 5.41) is 1.01. The van der Waals surface area contributed by atoms with Crippen molar-refractivity contribution in [1.82, 2.24) is 19.5 Å². The van der Waals surface area contributed by atoms with Gasteiger partial charge in [0, 0.05) is 68.2 Å². The number of fused-ring (bicyclic) bond motifs is 6. The maximum Gasteiger partial charge on any atom is 0.162 e. The molecule has 5 saturated carbocycles. The smallest absolute Gasteiger partial charge is 0.162 e. The predicted molar refractivity (Wildman–Crippen MR) is 216 cm³/mol. The molecule has 1 aliphatic heterocycles. The van der Waals surface area contributed by atoms with Crippen molar-refractivity contribution in [3.05, 3.63) is 36.3 Å². The molecule has 4 heterocycles. The SMILES string of the molecule is C[C@@H]1COCCN1c1cc(C2(S(C)(=N)=O)CC2)nc(-c2ccnc3c2ccn3CCCCCO[C@H]2CC[C@H]3[C@@H]4CC[C@H]5CC(=O)CC[C@]5(C)[C@H]4CC[C@]23C)n1. The fraction of sp³-hybridized carbons (Fsp3) is 0.727. The van der Waals surface area contributed by atoms with Crippen LogP contribution in [-0.2, 0) is 35.3 Å². The molecule has 1 N–H and O–H groups in total. The lowest BCUT2D eigenvalue weighted by Gasteiger charge is -2.60. The Morgan fingerprint density at radius 1 is 1.00 bits per heavy atom. The number of unbranched alkanes of at least 4 members (excludes halogenated alkanes) is 2. The van der Waals surface area contributed by atoms with Crippen LogP contribution in [0.4, 0.5) is 5.82 Å². The van der Waals surface area contributed by atoms with Crippen molar-refractivity contribution >= 4 is 32.4 Å². The van der Waals surface area contributed by atoms with E-state index in [2.05, 4.69) is 42.5 Å². The van der Waals surface area contributed by atoms with Crippen LogP contribution in [0.2, 0.25) is 0 Å². The Bertz CT molecular complexity index is 2050. The third-order valence-corrected chi connectivity index (χ3v) is 18.1. The molecule has 298 valence electrons. The predicted octanol–water partition coefficient (Wildman–Crippen LogP) is 8.55. The number of ketones is 1. The van der Waals surface area contributed by atoms with Gasteiger partial charge >= 0.3 is 0 Å². The number of rotatable bonds is 11. The molecule has 0 radical (unpaired) electrons. The van der Waals surface area contributed by atoms with E-state index in [4.69, 9.17) is 29.2 Å². The number of morpholine rings is 1. The molecule has 6 fully saturated rings. The standard InChI is InChI=1S/C44H62N6O4S/c1-29-28-53-25-23-50(29)39-27-37(44(18-19-44)55(4,45)52)47-40(48-39)32-14-20-46-41-33(32)15-22-49(41)21-6-5-7-24-54-38-11-10-35-34-9-8-30-26-31(51)12-16-42(30,2)36(34)13-17-43(35,38)3/h14-15,20,22,27,29-30,34-36,38,45H,5-13,16-19,21,23-26,28H2,1-4H3/t29-,30+,34+,35+,36+,38+,42+,43+,55?/m1/s1. The molecule has 0 amide bonds. The molecule has 1 saturated heterocycles. The number of aromatic nitrogens is 4.